The Morgan fingerprint density at radius 1 is 0.289 bits per heavy atom. The van der Waals surface area contributed by atoms with Gasteiger partial charge in [-0.1, -0.05) is 356 Å². The Labute approximate surface area is 594 Å². The molecule has 3 N–H and O–H groups in total. The normalized spacial score (nSPS) is 14.5. The van der Waals surface area contributed by atoms with Gasteiger partial charge >= 0.3 is 39.5 Å². The summed E-state index contributed by atoms with van der Waals surface area (Å²) >= 11 is 0. The van der Waals surface area contributed by atoms with Crippen LogP contribution in [0.3, 0.4) is 0 Å². The number of aliphatic hydroxyl groups excluding tert-OH is 1. The summed E-state index contributed by atoms with van der Waals surface area (Å²) < 4.78 is 68.6. The van der Waals surface area contributed by atoms with Gasteiger partial charge in [0.25, 0.3) is 0 Å². The molecule has 0 radical (unpaired) electrons. The SMILES string of the molecule is CCCCCCCCCCCCCCCCCCCCCCCC(=O)O[C@H](COC(=O)CCCCCCCCCCCCC(C)CC)COP(=O)(O)OC[C@@H](O)COP(=O)(O)OC[C@@H](COC(=O)CCCCCCCCC(C)CC)OC(=O)CCCCCCCCCCCCCC. The third kappa shape index (κ3) is 69.5. The summed E-state index contributed by atoms with van der Waals surface area (Å²) in [6.07, 6.45) is 58.3. The smallest absolute Gasteiger partial charge is 0.462 e. The van der Waals surface area contributed by atoms with Crippen LogP contribution in [0.5, 0.6) is 0 Å². The average Bonchev–Trinajstić information content (AvgIpc) is 1.00. The molecule has 0 aromatic rings. The van der Waals surface area contributed by atoms with Gasteiger partial charge in [0.1, 0.15) is 19.3 Å². The number of carbonyl (C=O) groups excluding carboxylic acids is 4. The number of rotatable bonds is 77. The largest absolute Gasteiger partial charge is 0.472 e. The summed E-state index contributed by atoms with van der Waals surface area (Å²) in [7, 11) is -9.91. The summed E-state index contributed by atoms with van der Waals surface area (Å²) in [6, 6.07) is 0. The van der Waals surface area contributed by atoms with Crippen LogP contribution in [0.4, 0.5) is 0 Å². The number of carbonyl (C=O) groups is 4. The number of aliphatic hydroxyl groups is 1. The first-order chi connectivity index (χ1) is 46.9. The zero-order valence-corrected chi connectivity index (χ0v) is 65.2. The second-order valence-corrected chi connectivity index (χ2v) is 31.5. The number of unbranched alkanes of at least 4 members (excludes halogenated alkanes) is 45. The molecule has 19 heteroatoms. The van der Waals surface area contributed by atoms with Crippen LogP contribution in [0.15, 0.2) is 0 Å². The third-order valence-electron chi connectivity index (χ3n) is 18.9. The van der Waals surface area contributed by atoms with E-state index in [2.05, 4.69) is 41.5 Å². The molecule has 0 aliphatic heterocycles. The Morgan fingerprint density at radius 3 is 0.732 bits per heavy atom. The van der Waals surface area contributed by atoms with E-state index in [0.717, 1.165) is 108 Å². The monoisotopic (exact) mass is 1420 g/mol. The Kier molecular flexibility index (Phi) is 68.4. The quantitative estimate of drug-likeness (QED) is 0.0222. The molecule has 97 heavy (non-hydrogen) atoms. The van der Waals surface area contributed by atoms with Crippen molar-refractivity contribution in [3.8, 4) is 0 Å². The second kappa shape index (κ2) is 69.8. The molecule has 0 amide bonds. The molecule has 0 aromatic carbocycles. The maximum atomic E-state index is 13.1. The zero-order chi connectivity index (χ0) is 71.4. The highest BCUT2D eigenvalue weighted by Crippen LogP contribution is 2.45. The highest BCUT2D eigenvalue weighted by atomic mass is 31.2. The van der Waals surface area contributed by atoms with Crippen molar-refractivity contribution in [3.63, 3.8) is 0 Å². The third-order valence-corrected chi connectivity index (χ3v) is 20.8. The summed E-state index contributed by atoms with van der Waals surface area (Å²) in [5, 5.41) is 10.6. The number of esters is 4. The Bertz CT molecular complexity index is 1880. The Morgan fingerprint density at radius 2 is 0.495 bits per heavy atom. The van der Waals surface area contributed by atoms with Gasteiger partial charge in [-0.3, -0.25) is 37.3 Å². The van der Waals surface area contributed by atoms with Crippen molar-refractivity contribution in [2.75, 3.05) is 39.6 Å². The number of hydrogen-bond donors (Lipinski definition) is 3. The number of phosphoric ester groups is 2. The minimum absolute atomic E-state index is 0.107. The van der Waals surface area contributed by atoms with E-state index in [1.807, 2.05) is 0 Å². The van der Waals surface area contributed by atoms with Crippen LogP contribution < -0.4 is 0 Å². The highest BCUT2D eigenvalue weighted by molar-refractivity contribution is 7.47. The maximum Gasteiger partial charge on any atom is 0.472 e. The van der Waals surface area contributed by atoms with E-state index in [1.54, 1.807) is 0 Å². The first-order valence-corrected chi connectivity index (χ1v) is 43.6. The lowest BCUT2D eigenvalue weighted by molar-refractivity contribution is -0.161. The van der Waals surface area contributed by atoms with Crippen molar-refractivity contribution in [1.82, 2.24) is 0 Å². The molecule has 0 rings (SSSR count). The van der Waals surface area contributed by atoms with Crippen LogP contribution in [0, 0.1) is 11.8 Å². The zero-order valence-electron chi connectivity index (χ0n) is 63.4. The molecule has 576 valence electrons. The lowest BCUT2D eigenvalue weighted by Gasteiger charge is -2.21. The predicted octanol–water partition coefficient (Wildman–Crippen LogP) is 23.1. The fraction of sp³-hybridized carbons (Fsp3) is 0.949. The van der Waals surface area contributed by atoms with Crippen LogP contribution in [0.1, 0.15) is 408 Å². The molecule has 0 saturated heterocycles. The number of ether oxygens (including phenoxy) is 4. The minimum Gasteiger partial charge on any atom is -0.462 e. The van der Waals surface area contributed by atoms with Gasteiger partial charge < -0.3 is 33.8 Å². The molecular weight excluding hydrogens is 1270 g/mol. The summed E-state index contributed by atoms with van der Waals surface area (Å²) in [5.41, 5.74) is 0. The van der Waals surface area contributed by atoms with Gasteiger partial charge in [0.2, 0.25) is 0 Å². The van der Waals surface area contributed by atoms with E-state index in [-0.39, 0.29) is 25.7 Å². The van der Waals surface area contributed by atoms with Gasteiger partial charge in [-0.25, -0.2) is 9.13 Å². The molecule has 0 bridgehead atoms. The molecular formula is C78H152O17P2. The van der Waals surface area contributed by atoms with E-state index < -0.39 is 97.5 Å². The van der Waals surface area contributed by atoms with E-state index in [1.165, 1.54) is 218 Å². The lowest BCUT2D eigenvalue weighted by Crippen LogP contribution is -2.30. The standard InChI is InChI=1S/C78H152O17P2/c1-7-11-13-15-17-19-21-23-24-25-26-27-28-29-30-31-33-39-43-51-57-63-78(83)94-73(66-88-75(80)60-54-48-41-37-35-34-36-40-46-52-58-70(5)9-3)68-92-96(84,85)90-64-72(79)65-91-97(86,87)93-69-74(67-89-76(81)61-55-49-45-44-47-53-59-71(6)10-4)95-77(82)62-56-50-42-38-32-22-20-18-16-14-12-8-2/h70-74,79H,7-69H2,1-6H3,(H,84,85)(H,86,87)/t70?,71?,72-,73-,74-/m1/s1. The van der Waals surface area contributed by atoms with Crippen molar-refractivity contribution < 1.29 is 80.2 Å². The Balaban J connectivity index is 5.21. The summed E-state index contributed by atoms with van der Waals surface area (Å²) in [5.74, 6) is -0.574. The lowest BCUT2D eigenvalue weighted by atomic mass is 9.99. The topological polar surface area (TPSA) is 237 Å². The van der Waals surface area contributed by atoms with Crippen molar-refractivity contribution in [2.45, 2.75) is 426 Å². The van der Waals surface area contributed by atoms with Crippen LogP contribution >= 0.6 is 15.6 Å². The number of phosphoric acid groups is 2. The van der Waals surface area contributed by atoms with Crippen molar-refractivity contribution in [2.24, 2.45) is 11.8 Å². The van der Waals surface area contributed by atoms with Gasteiger partial charge in [-0.15, -0.1) is 0 Å². The fourth-order valence-electron chi connectivity index (χ4n) is 11.9. The number of hydrogen-bond acceptors (Lipinski definition) is 15. The van der Waals surface area contributed by atoms with Crippen LogP contribution in [-0.4, -0.2) is 96.7 Å². The molecule has 0 spiro atoms. The van der Waals surface area contributed by atoms with E-state index in [9.17, 15) is 43.2 Å². The maximum absolute atomic E-state index is 13.1. The second-order valence-electron chi connectivity index (χ2n) is 28.6. The molecule has 0 heterocycles. The van der Waals surface area contributed by atoms with Crippen molar-refractivity contribution in [3.05, 3.63) is 0 Å². The van der Waals surface area contributed by atoms with Crippen molar-refractivity contribution >= 4 is 39.5 Å². The molecule has 0 aliphatic rings. The molecule has 4 unspecified atom stereocenters. The van der Waals surface area contributed by atoms with Crippen LogP contribution in [-0.2, 0) is 65.4 Å². The average molecular weight is 1420 g/mol. The molecule has 0 saturated carbocycles. The van der Waals surface area contributed by atoms with Gasteiger partial charge in [-0.05, 0) is 37.5 Å². The highest BCUT2D eigenvalue weighted by Gasteiger charge is 2.30. The minimum atomic E-state index is -4.96. The molecule has 7 atom stereocenters. The van der Waals surface area contributed by atoms with Crippen LogP contribution in [0.25, 0.3) is 0 Å². The van der Waals surface area contributed by atoms with Crippen molar-refractivity contribution in [1.29, 1.82) is 0 Å². The van der Waals surface area contributed by atoms with E-state index in [4.69, 9.17) is 37.0 Å². The molecule has 0 aliphatic carbocycles. The van der Waals surface area contributed by atoms with Crippen LogP contribution in [0.2, 0.25) is 0 Å². The van der Waals surface area contributed by atoms with E-state index >= 15 is 0 Å². The predicted molar refractivity (Wildman–Crippen MR) is 395 cm³/mol. The Hall–Kier alpha value is -1.94. The van der Waals surface area contributed by atoms with Gasteiger partial charge in [0, 0.05) is 25.7 Å². The van der Waals surface area contributed by atoms with E-state index in [0.29, 0.717) is 25.7 Å². The molecule has 17 nitrogen and oxygen atoms in total. The first kappa shape index (κ1) is 95.1. The molecule has 0 fully saturated rings. The van der Waals surface area contributed by atoms with Gasteiger partial charge in [0.15, 0.2) is 12.2 Å². The fourth-order valence-corrected chi connectivity index (χ4v) is 13.5. The molecule has 0 aromatic heterocycles. The first-order valence-electron chi connectivity index (χ1n) is 40.6. The van der Waals surface area contributed by atoms with Gasteiger partial charge in [-0.2, -0.15) is 0 Å². The summed E-state index contributed by atoms with van der Waals surface area (Å²) in [6.45, 7) is 9.59. The van der Waals surface area contributed by atoms with Gasteiger partial charge in [0.05, 0.1) is 26.4 Å². The summed E-state index contributed by atoms with van der Waals surface area (Å²) in [4.78, 5) is 72.9.